The molecule has 168 valence electrons. The van der Waals surface area contributed by atoms with Gasteiger partial charge in [-0.15, -0.1) is 0 Å². The van der Waals surface area contributed by atoms with E-state index >= 15 is 0 Å². The topological polar surface area (TPSA) is 70.2 Å². The first kappa shape index (κ1) is 23.0. The number of piperidine rings is 1. The molecule has 3 saturated heterocycles. The minimum absolute atomic E-state index is 0.0510. The van der Waals surface area contributed by atoms with E-state index in [4.69, 9.17) is 4.74 Å². The summed E-state index contributed by atoms with van der Waals surface area (Å²) >= 11 is 0. The lowest BCUT2D eigenvalue weighted by molar-refractivity contribution is -0.135. The first-order chi connectivity index (χ1) is 14.0. The fraction of sp³-hybridized carbons (Fsp3) is 0.952. The number of rotatable bonds is 8. The monoisotopic (exact) mass is 429 g/mol. The van der Waals surface area contributed by atoms with Crippen molar-refractivity contribution in [1.82, 2.24) is 14.7 Å². The molecular formula is C21H39N3O4S. The summed E-state index contributed by atoms with van der Waals surface area (Å²) in [5.74, 6) is 1.08. The lowest BCUT2D eigenvalue weighted by atomic mass is 9.96. The van der Waals surface area contributed by atoms with Crippen LogP contribution in [0.2, 0.25) is 0 Å². The highest BCUT2D eigenvalue weighted by atomic mass is 32.2. The largest absolute Gasteiger partial charge is 0.383 e. The van der Waals surface area contributed by atoms with Crippen molar-refractivity contribution in [2.45, 2.75) is 51.0 Å². The molecule has 3 rings (SSSR count). The number of carbonyl (C=O) groups is 1. The summed E-state index contributed by atoms with van der Waals surface area (Å²) < 4.78 is 28.9. The molecule has 3 aliphatic heterocycles. The van der Waals surface area contributed by atoms with Crippen LogP contribution in [0, 0.1) is 5.92 Å². The van der Waals surface area contributed by atoms with Gasteiger partial charge in [0.25, 0.3) is 0 Å². The number of nitrogens with zero attached hydrogens (tertiary/aromatic N) is 3. The molecule has 3 heterocycles. The normalized spacial score (nSPS) is 27.0. The van der Waals surface area contributed by atoms with Gasteiger partial charge in [0.2, 0.25) is 5.91 Å². The van der Waals surface area contributed by atoms with Crippen molar-refractivity contribution in [2.75, 3.05) is 71.0 Å². The summed E-state index contributed by atoms with van der Waals surface area (Å²) in [6, 6.07) is -0.191. The Hall–Kier alpha value is -0.700. The van der Waals surface area contributed by atoms with Crippen molar-refractivity contribution in [1.29, 1.82) is 0 Å². The molecular weight excluding hydrogens is 390 g/mol. The molecule has 0 saturated carbocycles. The van der Waals surface area contributed by atoms with E-state index in [0.717, 1.165) is 31.8 Å². The highest BCUT2D eigenvalue weighted by Crippen LogP contribution is 2.22. The van der Waals surface area contributed by atoms with E-state index in [2.05, 4.69) is 9.80 Å². The molecule has 3 aliphatic rings. The van der Waals surface area contributed by atoms with Gasteiger partial charge in [-0.1, -0.05) is 12.8 Å². The molecule has 0 aromatic carbocycles. The van der Waals surface area contributed by atoms with Gasteiger partial charge in [-0.3, -0.25) is 9.69 Å². The van der Waals surface area contributed by atoms with Crippen molar-refractivity contribution in [3.63, 3.8) is 0 Å². The summed E-state index contributed by atoms with van der Waals surface area (Å²) in [4.78, 5) is 19.6. The molecule has 7 nitrogen and oxygen atoms in total. The lowest BCUT2D eigenvalue weighted by Gasteiger charge is -2.36. The average Bonchev–Trinajstić information content (AvgIpc) is 2.89. The molecule has 0 radical (unpaired) electrons. The Morgan fingerprint density at radius 2 is 1.69 bits per heavy atom. The van der Waals surface area contributed by atoms with Crippen LogP contribution in [-0.4, -0.2) is 106 Å². The SMILES string of the molecule is COCCN(C(=O)CN1CCC(CN2CCCCCC2)CC1)C1CCS(=O)(=O)C1. The molecule has 0 aromatic rings. The summed E-state index contributed by atoms with van der Waals surface area (Å²) in [7, 11) is -1.39. The lowest BCUT2D eigenvalue weighted by Crippen LogP contribution is -2.49. The third-order valence-corrected chi connectivity index (χ3v) is 8.54. The molecule has 1 unspecified atom stereocenters. The van der Waals surface area contributed by atoms with Crippen LogP contribution in [0.1, 0.15) is 44.9 Å². The van der Waals surface area contributed by atoms with Crippen molar-refractivity contribution >= 4 is 15.7 Å². The van der Waals surface area contributed by atoms with Crippen molar-refractivity contribution in [2.24, 2.45) is 5.92 Å². The van der Waals surface area contributed by atoms with Gasteiger partial charge in [-0.25, -0.2) is 8.42 Å². The van der Waals surface area contributed by atoms with Gasteiger partial charge in [-0.05, 0) is 64.2 Å². The number of hydrogen-bond donors (Lipinski definition) is 0. The molecule has 0 spiro atoms. The van der Waals surface area contributed by atoms with Crippen LogP contribution in [0.4, 0.5) is 0 Å². The predicted octanol–water partition coefficient (Wildman–Crippen LogP) is 1.24. The third-order valence-electron chi connectivity index (χ3n) is 6.79. The summed E-state index contributed by atoms with van der Waals surface area (Å²) in [6.45, 7) is 6.95. The van der Waals surface area contributed by atoms with Crippen LogP contribution in [0.3, 0.4) is 0 Å². The van der Waals surface area contributed by atoms with Gasteiger partial charge in [0.15, 0.2) is 9.84 Å². The van der Waals surface area contributed by atoms with E-state index in [1.54, 1.807) is 12.0 Å². The van der Waals surface area contributed by atoms with Crippen molar-refractivity contribution in [3.8, 4) is 0 Å². The van der Waals surface area contributed by atoms with E-state index in [0.29, 0.717) is 26.1 Å². The average molecular weight is 430 g/mol. The van der Waals surface area contributed by atoms with Gasteiger partial charge in [0.05, 0.1) is 24.7 Å². The molecule has 1 atom stereocenters. The second kappa shape index (κ2) is 11.1. The van der Waals surface area contributed by atoms with Gasteiger partial charge >= 0.3 is 0 Å². The highest BCUT2D eigenvalue weighted by molar-refractivity contribution is 7.91. The Morgan fingerprint density at radius 3 is 2.28 bits per heavy atom. The van der Waals surface area contributed by atoms with E-state index in [1.807, 2.05) is 0 Å². The molecule has 0 aliphatic carbocycles. The zero-order valence-corrected chi connectivity index (χ0v) is 18.9. The molecule has 0 aromatic heterocycles. The zero-order valence-electron chi connectivity index (χ0n) is 18.1. The Bertz CT molecular complexity index is 611. The van der Waals surface area contributed by atoms with Crippen LogP contribution in [0.15, 0.2) is 0 Å². The number of amides is 1. The Balaban J connectivity index is 1.45. The third kappa shape index (κ3) is 7.19. The van der Waals surface area contributed by atoms with Crippen LogP contribution < -0.4 is 0 Å². The van der Waals surface area contributed by atoms with Crippen molar-refractivity contribution in [3.05, 3.63) is 0 Å². The highest BCUT2D eigenvalue weighted by Gasteiger charge is 2.35. The van der Waals surface area contributed by atoms with Crippen LogP contribution in [-0.2, 0) is 19.4 Å². The van der Waals surface area contributed by atoms with Crippen molar-refractivity contribution < 1.29 is 17.9 Å². The molecule has 1 amide bonds. The number of likely N-dealkylation sites (tertiary alicyclic amines) is 2. The minimum atomic E-state index is -3.01. The fourth-order valence-electron chi connectivity index (χ4n) is 5.01. The predicted molar refractivity (Wildman–Crippen MR) is 115 cm³/mol. The standard InChI is InChI=1S/C21H39N3O4S/c1-28-14-13-24(20-8-15-29(26,27)18-20)21(25)17-23-11-6-19(7-12-23)16-22-9-4-2-3-5-10-22/h19-20H,2-18H2,1H3. The van der Waals surface area contributed by atoms with E-state index in [-0.39, 0.29) is 23.5 Å². The number of ether oxygens (including phenoxy) is 1. The number of sulfone groups is 1. The molecule has 0 N–H and O–H groups in total. The first-order valence-electron chi connectivity index (χ1n) is 11.4. The van der Waals surface area contributed by atoms with Crippen LogP contribution in [0.25, 0.3) is 0 Å². The van der Waals surface area contributed by atoms with Gasteiger partial charge in [-0.2, -0.15) is 0 Å². The second-order valence-electron chi connectivity index (χ2n) is 9.07. The maximum atomic E-state index is 13.0. The number of methoxy groups -OCH3 is 1. The second-order valence-corrected chi connectivity index (χ2v) is 11.3. The van der Waals surface area contributed by atoms with E-state index in [9.17, 15) is 13.2 Å². The molecule has 8 heteroatoms. The van der Waals surface area contributed by atoms with Gasteiger partial charge < -0.3 is 14.5 Å². The van der Waals surface area contributed by atoms with Crippen LogP contribution >= 0.6 is 0 Å². The summed E-state index contributed by atoms with van der Waals surface area (Å²) in [5, 5.41) is 0. The Morgan fingerprint density at radius 1 is 1.00 bits per heavy atom. The Labute approximate surface area is 176 Å². The number of carbonyl (C=O) groups excluding carboxylic acids is 1. The molecule has 29 heavy (non-hydrogen) atoms. The van der Waals surface area contributed by atoms with Gasteiger partial charge in [0.1, 0.15) is 0 Å². The summed E-state index contributed by atoms with van der Waals surface area (Å²) in [5.41, 5.74) is 0. The fourth-order valence-corrected chi connectivity index (χ4v) is 6.75. The first-order valence-corrected chi connectivity index (χ1v) is 13.2. The Kier molecular flexibility index (Phi) is 8.77. The number of hydrogen-bond acceptors (Lipinski definition) is 6. The minimum Gasteiger partial charge on any atom is -0.383 e. The molecule has 0 bridgehead atoms. The quantitative estimate of drug-likeness (QED) is 0.578. The maximum absolute atomic E-state index is 13.0. The van der Waals surface area contributed by atoms with E-state index in [1.165, 1.54) is 45.3 Å². The van der Waals surface area contributed by atoms with E-state index < -0.39 is 9.84 Å². The summed E-state index contributed by atoms with van der Waals surface area (Å²) in [6.07, 6.45) is 8.27. The smallest absolute Gasteiger partial charge is 0.237 e. The maximum Gasteiger partial charge on any atom is 0.237 e. The van der Waals surface area contributed by atoms with Gasteiger partial charge in [0, 0.05) is 26.2 Å². The molecule has 3 fully saturated rings. The zero-order chi connectivity index (χ0) is 20.7. The van der Waals surface area contributed by atoms with Crippen LogP contribution in [0.5, 0.6) is 0 Å².